The van der Waals surface area contributed by atoms with Gasteiger partial charge in [0.2, 0.25) is 11.9 Å². The number of nitrogens with one attached hydrogen (secondary N) is 2. The fraction of sp³-hybridized carbons (Fsp3) is 0.500. The molecule has 0 bridgehead atoms. The van der Waals surface area contributed by atoms with E-state index < -0.39 is 5.97 Å². The van der Waals surface area contributed by atoms with Crippen molar-refractivity contribution in [2.75, 3.05) is 23.4 Å². The van der Waals surface area contributed by atoms with Crippen molar-refractivity contribution < 1.29 is 19.4 Å². The van der Waals surface area contributed by atoms with E-state index in [4.69, 9.17) is 9.84 Å². The molecule has 8 nitrogen and oxygen atoms in total. The number of aromatic nitrogens is 3. The first-order valence-electron chi connectivity index (χ1n) is 4.76. The molecule has 1 aromatic rings. The van der Waals surface area contributed by atoms with Gasteiger partial charge >= 0.3 is 12.0 Å². The number of hydrogen-bond donors (Lipinski definition) is 3. The van der Waals surface area contributed by atoms with E-state index in [1.807, 2.05) is 0 Å². The van der Waals surface area contributed by atoms with E-state index in [9.17, 15) is 9.59 Å². The lowest BCUT2D eigenvalue weighted by molar-refractivity contribution is -0.133. The maximum absolute atomic E-state index is 11.3. The van der Waals surface area contributed by atoms with E-state index in [1.54, 1.807) is 6.92 Å². The fourth-order valence-corrected chi connectivity index (χ4v) is 1.43. The van der Waals surface area contributed by atoms with Gasteiger partial charge in [-0.2, -0.15) is 4.98 Å². The van der Waals surface area contributed by atoms with Crippen LogP contribution in [0.2, 0.25) is 0 Å². The number of ether oxygens (including phenoxy) is 1. The molecule has 0 aromatic carbocycles. The monoisotopic (exact) mass is 260 g/mol. The van der Waals surface area contributed by atoms with Gasteiger partial charge in [-0.05, 0) is 6.92 Å². The Morgan fingerprint density at radius 1 is 1.53 bits per heavy atom. The van der Waals surface area contributed by atoms with Gasteiger partial charge in [0.05, 0.1) is 18.1 Å². The second-order valence-electron chi connectivity index (χ2n) is 2.83. The topological polar surface area (TPSA) is 117 Å². The second-order valence-corrected chi connectivity index (χ2v) is 3.82. The lowest BCUT2D eigenvalue weighted by Crippen LogP contribution is -2.16. The third-order valence-corrected chi connectivity index (χ3v) is 2.37. The van der Waals surface area contributed by atoms with Gasteiger partial charge in [0, 0.05) is 0 Å². The first kappa shape index (κ1) is 13.3. The van der Waals surface area contributed by atoms with Crippen LogP contribution in [-0.4, -0.2) is 50.3 Å². The molecule has 9 heteroatoms. The molecular formula is C8H12N4O4S. The molecule has 0 saturated carbocycles. The van der Waals surface area contributed by atoms with Gasteiger partial charge < -0.3 is 9.84 Å². The minimum absolute atomic E-state index is 0.0387. The molecule has 0 aliphatic heterocycles. The molecule has 3 N–H and O–H groups in total. The highest BCUT2D eigenvalue weighted by atomic mass is 32.2. The highest BCUT2D eigenvalue weighted by Gasteiger charge is 2.08. The van der Waals surface area contributed by atoms with Crippen molar-refractivity contribution in [2.45, 2.75) is 6.92 Å². The Kier molecular flexibility index (Phi) is 5.27. The number of carbonyl (C=O) groups is 2. The predicted octanol–water partition coefficient (Wildman–Crippen LogP) is -0.0403. The third kappa shape index (κ3) is 5.20. The van der Waals surface area contributed by atoms with Crippen LogP contribution >= 0.6 is 11.8 Å². The van der Waals surface area contributed by atoms with E-state index in [0.29, 0.717) is 6.61 Å². The Balaban J connectivity index is 2.31. The molecule has 0 aliphatic rings. The molecular weight excluding hydrogens is 248 g/mol. The van der Waals surface area contributed by atoms with Gasteiger partial charge in [-0.1, -0.05) is 0 Å². The smallest absolute Gasteiger partial charge is 0.337 e. The van der Waals surface area contributed by atoms with Crippen molar-refractivity contribution in [3.63, 3.8) is 0 Å². The van der Waals surface area contributed by atoms with Crippen LogP contribution in [0.1, 0.15) is 6.92 Å². The first-order valence-corrected chi connectivity index (χ1v) is 5.92. The normalized spacial score (nSPS) is 9.94. The summed E-state index contributed by atoms with van der Waals surface area (Å²) in [5, 5.41) is 17.0. The number of thioether (sulfide) groups is 1. The molecule has 94 valence electrons. The standard InChI is InChI=1S/C8H12N4O4S/c1-2-16-8-10-7(11-12-8)9-5(13)3-17-4-6(14)15/h2-4H2,1H3,(H,14,15)(H2,9,10,11,12,13). The Morgan fingerprint density at radius 2 is 2.29 bits per heavy atom. The zero-order valence-corrected chi connectivity index (χ0v) is 9.91. The van der Waals surface area contributed by atoms with Crippen molar-refractivity contribution >= 4 is 29.6 Å². The Bertz CT molecular complexity index is 395. The average Bonchev–Trinajstić information content (AvgIpc) is 2.65. The number of carboxylic acid groups (broad SMARTS) is 1. The minimum atomic E-state index is -0.957. The van der Waals surface area contributed by atoms with Crippen molar-refractivity contribution in [3.8, 4) is 6.01 Å². The summed E-state index contributed by atoms with van der Waals surface area (Å²) in [4.78, 5) is 25.4. The average molecular weight is 260 g/mol. The maximum Gasteiger partial charge on any atom is 0.337 e. The van der Waals surface area contributed by atoms with Crippen LogP contribution in [-0.2, 0) is 9.59 Å². The Hall–Kier alpha value is -1.77. The van der Waals surface area contributed by atoms with Gasteiger partial charge in [0.25, 0.3) is 0 Å². The van der Waals surface area contributed by atoms with Crippen molar-refractivity contribution in [1.29, 1.82) is 0 Å². The molecule has 17 heavy (non-hydrogen) atoms. The van der Waals surface area contributed by atoms with Gasteiger partial charge in [-0.3, -0.25) is 14.9 Å². The zero-order chi connectivity index (χ0) is 12.7. The number of hydrogen-bond acceptors (Lipinski definition) is 6. The van der Waals surface area contributed by atoms with Crippen LogP contribution < -0.4 is 10.1 Å². The van der Waals surface area contributed by atoms with Crippen molar-refractivity contribution in [1.82, 2.24) is 15.2 Å². The summed E-state index contributed by atoms with van der Waals surface area (Å²) in [7, 11) is 0. The van der Waals surface area contributed by atoms with Crippen LogP contribution in [0.15, 0.2) is 0 Å². The number of carbonyl (C=O) groups excluding carboxylic acids is 1. The van der Waals surface area contributed by atoms with Gasteiger partial charge in [0.15, 0.2) is 0 Å². The quantitative estimate of drug-likeness (QED) is 0.629. The van der Waals surface area contributed by atoms with Crippen molar-refractivity contribution in [3.05, 3.63) is 0 Å². The van der Waals surface area contributed by atoms with Gasteiger partial charge in [-0.25, -0.2) is 5.10 Å². The van der Waals surface area contributed by atoms with Gasteiger partial charge in [-0.15, -0.1) is 16.9 Å². The summed E-state index contributed by atoms with van der Waals surface area (Å²) in [6, 6.07) is 0.154. The minimum Gasteiger partial charge on any atom is -0.481 e. The van der Waals surface area contributed by atoms with E-state index in [2.05, 4.69) is 20.5 Å². The lowest BCUT2D eigenvalue weighted by Gasteiger charge is -1.99. The molecule has 0 atom stereocenters. The highest BCUT2D eigenvalue weighted by molar-refractivity contribution is 8.00. The van der Waals surface area contributed by atoms with E-state index in [-0.39, 0.29) is 29.4 Å². The predicted molar refractivity (Wildman–Crippen MR) is 61.1 cm³/mol. The summed E-state index contributed by atoms with van der Waals surface area (Å²) in [6.07, 6.45) is 0. The molecule has 0 saturated heterocycles. The highest BCUT2D eigenvalue weighted by Crippen LogP contribution is 2.06. The first-order chi connectivity index (χ1) is 8.11. The fourth-order valence-electron chi connectivity index (χ4n) is 0.895. The van der Waals surface area contributed by atoms with E-state index in [1.165, 1.54) is 0 Å². The number of nitrogens with zero attached hydrogens (tertiary/aromatic N) is 2. The Morgan fingerprint density at radius 3 is 2.94 bits per heavy atom. The molecule has 0 unspecified atom stereocenters. The molecule has 0 fully saturated rings. The molecule has 1 heterocycles. The van der Waals surface area contributed by atoms with E-state index >= 15 is 0 Å². The number of rotatable bonds is 7. The number of aliphatic carboxylic acids is 1. The molecule has 0 spiro atoms. The van der Waals surface area contributed by atoms with Crippen LogP contribution in [0.5, 0.6) is 6.01 Å². The lowest BCUT2D eigenvalue weighted by atomic mass is 10.7. The summed E-state index contributed by atoms with van der Waals surface area (Å²) >= 11 is 1.00. The number of amides is 1. The summed E-state index contributed by atoms with van der Waals surface area (Å²) < 4.78 is 4.99. The van der Waals surface area contributed by atoms with E-state index in [0.717, 1.165) is 11.8 Å². The molecule has 1 rings (SSSR count). The summed E-state index contributed by atoms with van der Waals surface area (Å²) in [5.41, 5.74) is 0. The molecule has 1 amide bonds. The Labute approximate surface area is 101 Å². The van der Waals surface area contributed by atoms with Gasteiger partial charge in [0.1, 0.15) is 0 Å². The number of H-pyrrole nitrogens is 1. The maximum atomic E-state index is 11.3. The van der Waals surface area contributed by atoms with Crippen LogP contribution in [0.3, 0.4) is 0 Å². The second kappa shape index (κ2) is 6.74. The van der Waals surface area contributed by atoms with Crippen LogP contribution in [0.25, 0.3) is 0 Å². The molecule has 1 aromatic heterocycles. The van der Waals surface area contributed by atoms with Crippen molar-refractivity contribution in [2.24, 2.45) is 0 Å². The zero-order valence-electron chi connectivity index (χ0n) is 9.10. The SMILES string of the molecule is CCOc1n[nH]c(NC(=O)CSCC(=O)O)n1. The number of aromatic amines is 1. The number of anilines is 1. The van der Waals surface area contributed by atoms with Crippen LogP contribution in [0, 0.1) is 0 Å². The number of carboxylic acids is 1. The largest absolute Gasteiger partial charge is 0.481 e. The summed E-state index contributed by atoms with van der Waals surface area (Å²) in [5.74, 6) is -1.21. The molecule has 0 radical (unpaired) electrons. The summed E-state index contributed by atoms with van der Waals surface area (Å²) in [6.45, 7) is 2.22. The molecule has 0 aliphatic carbocycles. The third-order valence-electron chi connectivity index (χ3n) is 1.45. The van der Waals surface area contributed by atoms with Crippen LogP contribution in [0.4, 0.5) is 5.95 Å².